The van der Waals surface area contributed by atoms with E-state index < -0.39 is 0 Å². The second kappa shape index (κ2) is 13.2. The summed E-state index contributed by atoms with van der Waals surface area (Å²) in [7, 11) is 2.42. The van der Waals surface area contributed by atoms with Crippen LogP contribution in [0.1, 0.15) is 92.4 Å². The summed E-state index contributed by atoms with van der Waals surface area (Å²) in [5.41, 5.74) is -0.0185. The summed E-state index contributed by atoms with van der Waals surface area (Å²) in [4.78, 5) is 0. The van der Waals surface area contributed by atoms with Gasteiger partial charge in [-0.2, -0.15) is 0 Å². The zero-order valence-corrected chi connectivity index (χ0v) is 18.4. The van der Waals surface area contributed by atoms with Crippen molar-refractivity contribution in [1.29, 1.82) is 0 Å². The van der Waals surface area contributed by atoms with Crippen LogP contribution >= 0.6 is 25.4 Å². The molecule has 134 valence electrons. The maximum atomic E-state index is 5.51. The highest BCUT2D eigenvalue weighted by Gasteiger charge is 2.21. The van der Waals surface area contributed by atoms with Gasteiger partial charge in [-0.3, -0.25) is 0 Å². The molecule has 0 aromatic heterocycles. The van der Waals surface area contributed by atoms with Crippen LogP contribution in [0.5, 0.6) is 0 Å². The second-order valence-corrected chi connectivity index (χ2v) is 8.86. The lowest BCUT2D eigenvalue weighted by molar-refractivity contribution is 0.128. The maximum Gasteiger partial charge on any atom is 0.0786 e. The van der Waals surface area contributed by atoms with Gasteiger partial charge in [0.05, 0.1) is 5.60 Å². The fraction of sp³-hybridized carbons (Fsp3) is 1.00. The lowest BCUT2D eigenvalue weighted by Gasteiger charge is -2.26. The molecule has 4 atom stereocenters. The minimum Gasteiger partial charge on any atom is -0.359 e. The summed E-state index contributed by atoms with van der Waals surface area (Å²) in [5, 5.41) is 0.909. The standard InChI is InChI=1S/C19H40BrOP/c1-16(2)9-6-10-17(3)11-7-12-18(4)13-8-14-19(5,15-20)21-22/h16-18H,6-15,22H2,1-5H3. The number of hydrogen-bond acceptors (Lipinski definition) is 1. The lowest BCUT2D eigenvalue weighted by Crippen LogP contribution is -2.26. The largest absolute Gasteiger partial charge is 0.359 e. The molecule has 0 spiro atoms. The molecule has 0 rings (SSSR count). The molecule has 0 saturated carbocycles. The quantitative estimate of drug-likeness (QED) is 0.220. The van der Waals surface area contributed by atoms with Crippen LogP contribution in [-0.4, -0.2) is 10.9 Å². The number of rotatable bonds is 14. The van der Waals surface area contributed by atoms with Crippen molar-refractivity contribution >= 4 is 25.4 Å². The Bertz CT molecular complexity index is 254. The highest BCUT2D eigenvalue weighted by Crippen LogP contribution is 2.26. The summed E-state index contributed by atoms with van der Waals surface area (Å²) in [6.07, 6.45) is 12.2. The Balaban J connectivity index is 3.62. The smallest absolute Gasteiger partial charge is 0.0786 e. The number of alkyl halides is 1. The monoisotopic (exact) mass is 394 g/mol. The summed E-state index contributed by atoms with van der Waals surface area (Å²) < 4.78 is 5.51. The minimum atomic E-state index is -0.0185. The van der Waals surface area contributed by atoms with Gasteiger partial charge in [0.25, 0.3) is 0 Å². The fourth-order valence-corrected chi connectivity index (χ4v) is 3.82. The van der Waals surface area contributed by atoms with Gasteiger partial charge in [0.15, 0.2) is 0 Å². The van der Waals surface area contributed by atoms with Gasteiger partial charge in [-0.1, -0.05) is 95.0 Å². The van der Waals surface area contributed by atoms with Gasteiger partial charge in [-0.15, -0.1) is 0 Å². The molecule has 0 amide bonds. The van der Waals surface area contributed by atoms with Gasteiger partial charge in [-0.25, -0.2) is 0 Å². The van der Waals surface area contributed by atoms with Crippen LogP contribution in [0.25, 0.3) is 0 Å². The molecule has 3 heteroatoms. The Labute approximate surface area is 151 Å². The SMILES string of the molecule is CC(C)CCCC(C)CCCC(C)CCCC(C)(CBr)OP. The first kappa shape index (κ1) is 22.9. The van der Waals surface area contributed by atoms with Crippen molar-refractivity contribution in [3.8, 4) is 0 Å². The predicted molar refractivity (Wildman–Crippen MR) is 108 cm³/mol. The van der Waals surface area contributed by atoms with Gasteiger partial charge in [0.1, 0.15) is 0 Å². The molecule has 0 aromatic carbocycles. The van der Waals surface area contributed by atoms with E-state index in [1.165, 1.54) is 51.4 Å². The Hall–Kier alpha value is 0.870. The molecule has 0 bridgehead atoms. The van der Waals surface area contributed by atoms with E-state index >= 15 is 0 Å². The van der Waals surface area contributed by atoms with Crippen molar-refractivity contribution in [1.82, 2.24) is 0 Å². The lowest BCUT2D eigenvalue weighted by atomic mass is 9.91. The molecule has 0 aliphatic heterocycles. The molecule has 0 saturated heterocycles. The van der Waals surface area contributed by atoms with Gasteiger partial charge < -0.3 is 4.52 Å². The molecule has 0 fully saturated rings. The summed E-state index contributed by atoms with van der Waals surface area (Å²) >= 11 is 3.55. The third-order valence-corrected chi connectivity index (χ3v) is 6.60. The Kier molecular flexibility index (Phi) is 13.7. The van der Waals surface area contributed by atoms with Crippen LogP contribution in [0.4, 0.5) is 0 Å². The van der Waals surface area contributed by atoms with E-state index in [0.717, 1.165) is 29.5 Å². The summed E-state index contributed by atoms with van der Waals surface area (Å²) in [6.45, 7) is 11.7. The fourth-order valence-electron chi connectivity index (χ4n) is 2.96. The summed E-state index contributed by atoms with van der Waals surface area (Å²) in [5.74, 6) is 2.63. The Morgan fingerprint density at radius 1 is 0.864 bits per heavy atom. The van der Waals surface area contributed by atoms with Gasteiger partial charge in [0, 0.05) is 14.8 Å². The van der Waals surface area contributed by atoms with Crippen molar-refractivity contribution in [2.75, 3.05) is 5.33 Å². The van der Waals surface area contributed by atoms with Crippen LogP contribution in [0.3, 0.4) is 0 Å². The summed E-state index contributed by atoms with van der Waals surface area (Å²) in [6, 6.07) is 0. The highest BCUT2D eigenvalue weighted by atomic mass is 79.9. The van der Waals surface area contributed by atoms with Crippen LogP contribution in [0.2, 0.25) is 0 Å². The Morgan fingerprint density at radius 3 is 1.73 bits per heavy atom. The second-order valence-electron chi connectivity index (χ2n) is 8.06. The molecule has 0 radical (unpaired) electrons. The van der Waals surface area contributed by atoms with E-state index in [4.69, 9.17) is 4.52 Å². The highest BCUT2D eigenvalue weighted by molar-refractivity contribution is 9.09. The minimum absolute atomic E-state index is 0.0185. The van der Waals surface area contributed by atoms with E-state index in [1.54, 1.807) is 0 Å². The molecule has 0 heterocycles. The molecule has 0 N–H and O–H groups in total. The molecule has 0 aliphatic rings. The number of halogens is 1. The first-order valence-electron chi connectivity index (χ1n) is 9.26. The van der Waals surface area contributed by atoms with E-state index in [-0.39, 0.29) is 5.60 Å². The third-order valence-electron chi connectivity index (χ3n) is 4.84. The normalized spacial score (nSPS) is 17.5. The molecule has 4 unspecified atom stereocenters. The first-order chi connectivity index (χ1) is 10.3. The molecule has 0 aliphatic carbocycles. The van der Waals surface area contributed by atoms with Gasteiger partial charge >= 0.3 is 0 Å². The maximum absolute atomic E-state index is 5.51. The van der Waals surface area contributed by atoms with Crippen molar-refractivity contribution < 1.29 is 4.52 Å². The van der Waals surface area contributed by atoms with Crippen LogP contribution in [0, 0.1) is 17.8 Å². The average molecular weight is 395 g/mol. The molecular formula is C19H40BrOP. The number of hydrogen-bond donors (Lipinski definition) is 0. The first-order valence-corrected chi connectivity index (χ1v) is 10.9. The topological polar surface area (TPSA) is 9.23 Å². The predicted octanol–water partition coefficient (Wildman–Crippen LogP) is 7.39. The zero-order valence-electron chi connectivity index (χ0n) is 15.7. The third kappa shape index (κ3) is 12.3. The van der Waals surface area contributed by atoms with Crippen molar-refractivity contribution in [2.24, 2.45) is 17.8 Å². The van der Waals surface area contributed by atoms with Gasteiger partial charge in [-0.05, 0) is 31.1 Å². The van der Waals surface area contributed by atoms with Crippen molar-refractivity contribution in [2.45, 2.75) is 98.0 Å². The Morgan fingerprint density at radius 2 is 1.32 bits per heavy atom. The molecule has 0 aromatic rings. The van der Waals surface area contributed by atoms with Crippen molar-refractivity contribution in [3.63, 3.8) is 0 Å². The van der Waals surface area contributed by atoms with E-state index in [9.17, 15) is 0 Å². The van der Waals surface area contributed by atoms with E-state index in [1.807, 2.05) is 0 Å². The van der Waals surface area contributed by atoms with Crippen LogP contribution in [-0.2, 0) is 4.52 Å². The van der Waals surface area contributed by atoms with E-state index in [0.29, 0.717) is 0 Å². The zero-order chi connectivity index (χ0) is 17.0. The van der Waals surface area contributed by atoms with Gasteiger partial charge in [0.2, 0.25) is 0 Å². The van der Waals surface area contributed by atoms with Crippen LogP contribution in [0.15, 0.2) is 0 Å². The molecule has 22 heavy (non-hydrogen) atoms. The molecule has 1 nitrogen and oxygen atoms in total. The van der Waals surface area contributed by atoms with Crippen LogP contribution < -0.4 is 0 Å². The van der Waals surface area contributed by atoms with E-state index in [2.05, 4.69) is 60.0 Å². The average Bonchev–Trinajstić information content (AvgIpc) is 2.46. The van der Waals surface area contributed by atoms with Crippen molar-refractivity contribution in [3.05, 3.63) is 0 Å². The molecular weight excluding hydrogens is 355 g/mol.